The summed E-state index contributed by atoms with van der Waals surface area (Å²) in [6, 6.07) is 9.23. The van der Waals surface area contributed by atoms with Crippen LogP contribution in [0.1, 0.15) is 41.6 Å². The predicted molar refractivity (Wildman–Crippen MR) is 92.6 cm³/mol. The first-order chi connectivity index (χ1) is 10.1. The third-order valence-corrected chi connectivity index (χ3v) is 4.21. The summed E-state index contributed by atoms with van der Waals surface area (Å²) < 4.78 is 1.04. The van der Waals surface area contributed by atoms with Crippen molar-refractivity contribution in [2.24, 2.45) is 0 Å². The van der Waals surface area contributed by atoms with Gasteiger partial charge in [-0.25, -0.2) is 0 Å². The Bertz CT molecular complexity index is 596. The molecule has 0 aliphatic heterocycles. The highest BCUT2D eigenvalue weighted by Crippen LogP contribution is 2.22. The van der Waals surface area contributed by atoms with Crippen molar-refractivity contribution in [3.05, 3.63) is 63.4 Å². The topological polar surface area (TPSA) is 24.9 Å². The molecule has 0 aliphatic rings. The van der Waals surface area contributed by atoms with Crippen molar-refractivity contribution in [2.45, 2.75) is 39.7 Å². The first kappa shape index (κ1) is 16.2. The average Bonchev–Trinajstić information content (AvgIpc) is 2.46. The number of aryl methyl sites for hydroxylation is 2. The lowest BCUT2D eigenvalue weighted by molar-refractivity contribution is 0.528. The summed E-state index contributed by atoms with van der Waals surface area (Å²) in [6.07, 6.45) is 5.87. The van der Waals surface area contributed by atoms with E-state index in [2.05, 4.69) is 71.3 Å². The van der Waals surface area contributed by atoms with Gasteiger partial charge in [-0.15, -0.1) is 0 Å². The van der Waals surface area contributed by atoms with Crippen molar-refractivity contribution in [1.29, 1.82) is 0 Å². The molecule has 0 aliphatic carbocycles. The van der Waals surface area contributed by atoms with Crippen LogP contribution in [0.5, 0.6) is 0 Å². The lowest BCUT2D eigenvalue weighted by atomic mass is 9.96. The number of rotatable bonds is 6. The Hall–Kier alpha value is -1.19. The molecule has 0 bridgehead atoms. The molecule has 112 valence electrons. The molecule has 0 radical (unpaired) electrons. The van der Waals surface area contributed by atoms with Crippen LogP contribution >= 0.6 is 15.9 Å². The largest absolute Gasteiger partial charge is 0.310 e. The van der Waals surface area contributed by atoms with Crippen LogP contribution in [0.3, 0.4) is 0 Å². The Morgan fingerprint density at radius 1 is 1.14 bits per heavy atom. The minimum atomic E-state index is 0.334. The Labute approximate surface area is 136 Å². The van der Waals surface area contributed by atoms with Crippen LogP contribution in [0.2, 0.25) is 0 Å². The first-order valence-corrected chi connectivity index (χ1v) is 8.29. The molecule has 0 spiro atoms. The van der Waals surface area contributed by atoms with Crippen LogP contribution in [0.25, 0.3) is 0 Å². The summed E-state index contributed by atoms with van der Waals surface area (Å²) >= 11 is 3.50. The van der Waals surface area contributed by atoms with E-state index < -0.39 is 0 Å². The predicted octanol–water partition coefficient (Wildman–Crippen LogP) is 4.74. The molecule has 1 atom stereocenters. The van der Waals surface area contributed by atoms with Crippen molar-refractivity contribution in [3.8, 4) is 0 Å². The molecule has 1 aromatic heterocycles. The number of nitrogens with zero attached hydrogens (tertiary/aromatic N) is 1. The average molecular weight is 347 g/mol. The Morgan fingerprint density at radius 2 is 1.95 bits per heavy atom. The van der Waals surface area contributed by atoms with Crippen molar-refractivity contribution in [1.82, 2.24) is 10.3 Å². The van der Waals surface area contributed by atoms with Crippen molar-refractivity contribution < 1.29 is 0 Å². The third kappa shape index (κ3) is 4.65. The third-order valence-electron chi connectivity index (χ3n) is 3.78. The number of nitrogens with one attached hydrogen (secondary N) is 1. The molecule has 2 aromatic rings. The second kappa shape index (κ2) is 7.71. The fourth-order valence-corrected chi connectivity index (χ4v) is 2.82. The number of hydrogen-bond acceptors (Lipinski definition) is 2. The molecule has 21 heavy (non-hydrogen) atoms. The zero-order valence-corrected chi connectivity index (χ0v) is 14.6. The van der Waals surface area contributed by atoms with Gasteiger partial charge in [0.1, 0.15) is 0 Å². The fraction of sp³-hybridized carbons (Fsp3) is 0.389. The maximum atomic E-state index is 4.27. The SMILES string of the molecule is CCCNC(Cc1cncc(Br)c1)c1ccc(C)c(C)c1. The highest BCUT2D eigenvalue weighted by molar-refractivity contribution is 9.10. The second-order valence-corrected chi connectivity index (χ2v) is 6.48. The molecule has 0 amide bonds. The highest BCUT2D eigenvalue weighted by Gasteiger charge is 2.12. The summed E-state index contributed by atoms with van der Waals surface area (Å²) in [5.41, 5.74) is 5.29. The summed E-state index contributed by atoms with van der Waals surface area (Å²) in [7, 11) is 0. The zero-order valence-electron chi connectivity index (χ0n) is 13.0. The molecule has 1 unspecified atom stereocenters. The fourth-order valence-electron chi connectivity index (χ4n) is 2.41. The molecule has 3 heteroatoms. The molecular formula is C18H23BrN2. The monoisotopic (exact) mass is 346 g/mol. The molecule has 0 fully saturated rings. The van der Waals surface area contributed by atoms with Gasteiger partial charge in [0.2, 0.25) is 0 Å². The van der Waals surface area contributed by atoms with Crippen LogP contribution < -0.4 is 5.32 Å². The maximum absolute atomic E-state index is 4.27. The second-order valence-electron chi connectivity index (χ2n) is 5.57. The molecule has 1 heterocycles. The molecule has 2 rings (SSSR count). The number of benzene rings is 1. The summed E-state index contributed by atoms with van der Waals surface area (Å²) in [5.74, 6) is 0. The van der Waals surface area contributed by atoms with Crippen LogP contribution in [-0.4, -0.2) is 11.5 Å². The maximum Gasteiger partial charge on any atom is 0.0410 e. The molecular weight excluding hydrogens is 324 g/mol. The lowest BCUT2D eigenvalue weighted by Gasteiger charge is -2.20. The van der Waals surface area contributed by atoms with Crippen molar-refractivity contribution in [3.63, 3.8) is 0 Å². The molecule has 0 saturated heterocycles. The van der Waals surface area contributed by atoms with Crippen LogP contribution in [0, 0.1) is 13.8 Å². The van der Waals surface area contributed by atoms with Crippen LogP contribution in [-0.2, 0) is 6.42 Å². The smallest absolute Gasteiger partial charge is 0.0410 e. The molecule has 1 aromatic carbocycles. The minimum absolute atomic E-state index is 0.334. The standard InChI is InChI=1S/C18H23BrN2/c1-4-7-21-18(10-15-9-17(19)12-20-11-15)16-6-5-13(2)14(3)8-16/h5-6,8-9,11-12,18,21H,4,7,10H2,1-3H3. The summed E-state index contributed by atoms with van der Waals surface area (Å²) in [6.45, 7) is 7.56. The number of pyridine rings is 1. The van der Waals surface area contributed by atoms with E-state index in [9.17, 15) is 0 Å². The van der Waals surface area contributed by atoms with Crippen LogP contribution in [0.4, 0.5) is 0 Å². The van der Waals surface area contributed by atoms with Gasteiger partial charge < -0.3 is 5.32 Å². The Kier molecular flexibility index (Phi) is 5.95. The Balaban J connectivity index is 2.22. The van der Waals surface area contributed by atoms with Gasteiger partial charge in [0, 0.05) is 22.9 Å². The quantitative estimate of drug-likeness (QED) is 0.816. The number of halogens is 1. The van der Waals surface area contributed by atoms with Crippen molar-refractivity contribution >= 4 is 15.9 Å². The minimum Gasteiger partial charge on any atom is -0.310 e. The van der Waals surface area contributed by atoms with Gasteiger partial charge in [-0.05, 0) is 77.5 Å². The van der Waals surface area contributed by atoms with Gasteiger partial charge in [-0.1, -0.05) is 25.1 Å². The van der Waals surface area contributed by atoms with Crippen molar-refractivity contribution in [2.75, 3.05) is 6.54 Å². The van der Waals surface area contributed by atoms with E-state index in [0.717, 1.165) is 23.9 Å². The van der Waals surface area contributed by atoms with Gasteiger partial charge in [0.05, 0.1) is 0 Å². The Morgan fingerprint density at radius 3 is 2.62 bits per heavy atom. The van der Waals surface area contributed by atoms with Gasteiger partial charge >= 0.3 is 0 Å². The first-order valence-electron chi connectivity index (χ1n) is 7.50. The number of aromatic nitrogens is 1. The molecule has 2 nitrogen and oxygen atoms in total. The van der Waals surface area contributed by atoms with Gasteiger partial charge in [-0.3, -0.25) is 4.98 Å². The molecule has 0 saturated carbocycles. The molecule has 1 N–H and O–H groups in total. The van der Waals surface area contributed by atoms with E-state index in [1.807, 2.05) is 12.4 Å². The van der Waals surface area contributed by atoms with Gasteiger partial charge in [-0.2, -0.15) is 0 Å². The van der Waals surface area contributed by atoms with E-state index in [4.69, 9.17) is 0 Å². The lowest BCUT2D eigenvalue weighted by Crippen LogP contribution is -2.24. The van der Waals surface area contributed by atoms with E-state index in [1.165, 1.54) is 22.3 Å². The highest BCUT2D eigenvalue weighted by atomic mass is 79.9. The zero-order chi connectivity index (χ0) is 15.2. The van der Waals surface area contributed by atoms with Gasteiger partial charge in [0.15, 0.2) is 0 Å². The van der Waals surface area contributed by atoms with E-state index >= 15 is 0 Å². The van der Waals surface area contributed by atoms with E-state index in [0.29, 0.717) is 6.04 Å². The van der Waals surface area contributed by atoms with E-state index in [1.54, 1.807) is 0 Å². The van der Waals surface area contributed by atoms with Crippen LogP contribution in [0.15, 0.2) is 41.1 Å². The summed E-state index contributed by atoms with van der Waals surface area (Å²) in [5, 5.41) is 3.66. The summed E-state index contributed by atoms with van der Waals surface area (Å²) in [4.78, 5) is 4.27. The van der Waals surface area contributed by atoms with Gasteiger partial charge in [0.25, 0.3) is 0 Å². The normalized spacial score (nSPS) is 12.4. The number of hydrogen-bond donors (Lipinski definition) is 1. The van der Waals surface area contributed by atoms with E-state index in [-0.39, 0.29) is 0 Å².